The molecule has 0 heterocycles. The summed E-state index contributed by atoms with van der Waals surface area (Å²) in [5, 5.41) is 2.52. The third kappa shape index (κ3) is 6.54. The van der Waals surface area contributed by atoms with Crippen molar-refractivity contribution in [2.45, 2.75) is 25.6 Å². The van der Waals surface area contributed by atoms with Crippen molar-refractivity contribution in [3.63, 3.8) is 0 Å². The Morgan fingerprint density at radius 2 is 2.14 bits per heavy atom. The number of alkyl halides is 3. The van der Waals surface area contributed by atoms with Crippen molar-refractivity contribution < 1.29 is 22.7 Å². The van der Waals surface area contributed by atoms with Crippen LogP contribution in [0.3, 0.4) is 0 Å². The van der Waals surface area contributed by atoms with E-state index in [4.69, 9.17) is 22.7 Å². The van der Waals surface area contributed by atoms with Gasteiger partial charge in [-0.05, 0) is 19.1 Å². The average molecular weight is 320 g/mol. The topological polar surface area (TPSA) is 64.3 Å². The molecule has 1 unspecified atom stereocenters. The second-order valence-corrected chi connectivity index (χ2v) is 4.75. The monoisotopic (exact) mass is 320 g/mol. The summed E-state index contributed by atoms with van der Waals surface area (Å²) >= 11 is 4.81. The minimum atomic E-state index is -4.30. The van der Waals surface area contributed by atoms with E-state index in [1.807, 2.05) is 0 Å². The molecule has 0 aliphatic carbocycles. The zero-order valence-corrected chi connectivity index (χ0v) is 12.1. The summed E-state index contributed by atoms with van der Waals surface area (Å²) in [6, 6.07) is 6.52. The van der Waals surface area contributed by atoms with Crippen molar-refractivity contribution in [2.75, 3.05) is 11.9 Å². The van der Waals surface area contributed by atoms with Crippen LogP contribution in [0, 0.1) is 0 Å². The van der Waals surface area contributed by atoms with Crippen LogP contribution in [0.1, 0.15) is 18.9 Å². The van der Waals surface area contributed by atoms with Crippen LogP contribution >= 0.6 is 12.2 Å². The van der Waals surface area contributed by atoms with Gasteiger partial charge in [0, 0.05) is 11.3 Å². The molecule has 0 aromatic heterocycles. The first-order valence-corrected chi connectivity index (χ1v) is 6.49. The number of ether oxygens (including phenoxy) is 1. The highest BCUT2D eigenvalue weighted by Crippen LogP contribution is 2.19. The maximum atomic E-state index is 12.0. The van der Waals surface area contributed by atoms with Crippen molar-refractivity contribution in [1.29, 1.82) is 0 Å². The molecule has 4 nitrogen and oxygen atoms in total. The third-order valence-electron chi connectivity index (χ3n) is 2.54. The number of hydrogen-bond donors (Lipinski definition) is 2. The van der Waals surface area contributed by atoms with E-state index in [-0.39, 0.29) is 4.99 Å². The van der Waals surface area contributed by atoms with E-state index >= 15 is 0 Å². The normalized spacial score (nSPS) is 12.8. The maximum Gasteiger partial charge on any atom is 0.391 e. The first-order chi connectivity index (χ1) is 9.69. The summed E-state index contributed by atoms with van der Waals surface area (Å²) in [4.78, 5) is 11.9. The molecule has 0 saturated heterocycles. The SMILES string of the molecule is CC(OCCC(F)(F)F)C(=O)Nc1cccc(C(N)=S)c1. The van der Waals surface area contributed by atoms with Gasteiger partial charge in [0.15, 0.2) is 0 Å². The fourth-order valence-corrected chi connectivity index (χ4v) is 1.55. The molecule has 3 N–H and O–H groups in total. The lowest BCUT2D eigenvalue weighted by Crippen LogP contribution is -2.29. The number of carbonyl (C=O) groups excluding carboxylic acids is 1. The molecule has 0 radical (unpaired) electrons. The lowest BCUT2D eigenvalue weighted by Gasteiger charge is -2.14. The van der Waals surface area contributed by atoms with Crippen molar-refractivity contribution in [3.05, 3.63) is 29.8 Å². The van der Waals surface area contributed by atoms with Crippen LogP contribution in [0.2, 0.25) is 0 Å². The van der Waals surface area contributed by atoms with Gasteiger partial charge in [0.25, 0.3) is 5.91 Å². The van der Waals surface area contributed by atoms with Crippen LogP contribution in [0.15, 0.2) is 24.3 Å². The van der Waals surface area contributed by atoms with E-state index in [9.17, 15) is 18.0 Å². The van der Waals surface area contributed by atoms with Crippen molar-refractivity contribution in [1.82, 2.24) is 0 Å². The average Bonchev–Trinajstić information content (AvgIpc) is 2.37. The Hall–Kier alpha value is -1.67. The Balaban J connectivity index is 2.52. The van der Waals surface area contributed by atoms with Gasteiger partial charge in [-0.25, -0.2) is 0 Å². The fourth-order valence-electron chi connectivity index (χ4n) is 1.42. The Bertz CT molecular complexity index is 520. The summed E-state index contributed by atoms with van der Waals surface area (Å²) in [5.41, 5.74) is 6.49. The number of nitrogens with two attached hydrogens (primary N) is 1. The third-order valence-corrected chi connectivity index (χ3v) is 2.77. The molecule has 1 atom stereocenters. The molecule has 0 aliphatic heterocycles. The molecular formula is C13H15F3N2O2S. The molecule has 21 heavy (non-hydrogen) atoms. The van der Waals surface area contributed by atoms with Crippen molar-refractivity contribution >= 4 is 28.8 Å². The molecule has 0 aliphatic rings. The first kappa shape index (κ1) is 17.4. The van der Waals surface area contributed by atoms with Gasteiger partial charge in [-0.2, -0.15) is 13.2 Å². The van der Waals surface area contributed by atoms with Gasteiger partial charge in [0.2, 0.25) is 0 Å². The zero-order chi connectivity index (χ0) is 16.0. The van der Waals surface area contributed by atoms with Gasteiger partial charge in [-0.15, -0.1) is 0 Å². The Labute approximate surface area is 125 Å². The number of carbonyl (C=O) groups is 1. The molecule has 0 saturated carbocycles. The fraction of sp³-hybridized carbons (Fsp3) is 0.385. The first-order valence-electron chi connectivity index (χ1n) is 6.08. The van der Waals surface area contributed by atoms with Gasteiger partial charge in [-0.1, -0.05) is 24.4 Å². The van der Waals surface area contributed by atoms with Gasteiger partial charge in [0.05, 0.1) is 13.0 Å². The predicted octanol–water partition coefficient (Wildman–Crippen LogP) is 2.62. The number of amides is 1. The number of benzene rings is 1. The Morgan fingerprint density at radius 3 is 2.71 bits per heavy atom. The second-order valence-electron chi connectivity index (χ2n) is 4.31. The zero-order valence-electron chi connectivity index (χ0n) is 11.2. The highest BCUT2D eigenvalue weighted by Gasteiger charge is 2.27. The largest absolute Gasteiger partial charge is 0.391 e. The van der Waals surface area contributed by atoms with Crippen LogP contribution in [0.5, 0.6) is 0 Å². The van der Waals surface area contributed by atoms with E-state index in [0.717, 1.165) is 0 Å². The highest BCUT2D eigenvalue weighted by molar-refractivity contribution is 7.80. The molecule has 116 valence electrons. The summed E-state index contributed by atoms with van der Waals surface area (Å²) < 4.78 is 40.8. The van der Waals surface area contributed by atoms with Crippen molar-refractivity contribution in [3.8, 4) is 0 Å². The molecule has 1 aromatic carbocycles. The molecule has 1 amide bonds. The summed E-state index contributed by atoms with van der Waals surface area (Å²) in [6.45, 7) is 0.814. The smallest absolute Gasteiger partial charge is 0.389 e. The van der Waals surface area contributed by atoms with E-state index in [0.29, 0.717) is 11.3 Å². The summed E-state index contributed by atoms with van der Waals surface area (Å²) in [6.07, 6.45) is -6.40. The number of nitrogens with one attached hydrogen (secondary N) is 1. The standard InChI is InChI=1S/C13H15F3N2O2S/c1-8(20-6-5-13(14,15)16)12(19)18-10-4-2-3-9(7-10)11(17)21/h2-4,7-8H,5-6H2,1H3,(H2,17,21)(H,18,19). The van der Waals surface area contributed by atoms with Crippen LogP contribution < -0.4 is 11.1 Å². The number of halogens is 3. The van der Waals surface area contributed by atoms with E-state index in [1.54, 1.807) is 24.3 Å². The molecule has 1 aromatic rings. The van der Waals surface area contributed by atoms with Crippen LogP contribution in [-0.4, -0.2) is 29.8 Å². The van der Waals surface area contributed by atoms with Crippen LogP contribution in [0.25, 0.3) is 0 Å². The van der Waals surface area contributed by atoms with Crippen LogP contribution in [0.4, 0.5) is 18.9 Å². The Morgan fingerprint density at radius 1 is 1.48 bits per heavy atom. The minimum Gasteiger partial charge on any atom is -0.389 e. The predicted molar refractivity (Wildman–Crippen MR) is 77.0 cm³/mol. The van der Waals surface area contributed by atoms with Crippen molar-refractivity contribution in [2.24, 2.45) is 5.73 Å². The van der Waals surface area contributed by atoms with Gasteiger partial charge in [-0.3, -0.25) is 4.79 Å². The lowest BCUT2D eigenvalue weighted by atomic mass is 10.2. The summed E-state index contributed by atoms with van der Waals surface area (Å²) in [5.74, 6) is -0.544. The quantitative estimate of drug-likeness (QED) is 0.791. The highest BCUT2D eigenvalue weighted by atomic mass is 32.1. The maximum absolute atomic E-state index is 12.0. The second kappa shape index (κ2) is 7.37. The van der Waals surface area contributed by atoms with Gasteiger partial charge >= 0.3 is 6.18 Å². The number of anilines is 1. The lowest BCUT2D eigenvalue weighted by molar-refractivity contribution is -0.152. The Kier molecular flexibility index (Phi) is 6.10. The van der Waals surface area contributed by atoms with E-state index in [1.165, 1.54) is 6.92 Å². The minimum absolute atomic E-state index is 0.181. The van der Waals surface area contributed by atoms with Crippen LogP contribution in [-0.2, 0) is 9.53 Å². The number of rotatable bonds is 6. The van der Waals surface area contributed by atoms with Gasteiger partial charge in [0.1, 0.15) is 11.1 Å². The molecule has 1 rings (SSSR count). The summed E-state index contributed by atoms with van der Waals surface area (Å²) in [7, 11) is 0. The molecular weight excluding hydrogens is 305 g/mol. The number of thiocarbonyl (C=S) groups is 1. The molecule has 0 bridgehead atoms. The van der Waals surface area contributed by atoms with Gasteiger partial charge < -0.3 is 15.8 Å². The molecule has 0 spiro atoms. The van der Waals surface area contributed by atoms with E-state index in [2.05, 4.69) is 5.32 Å². The number of hydrogen-bond acceptors (Lipinski definition) is 3. The molecule has 0 fully saturated rings. The van der Waals surface area contributed by atoms with E-state index < -0.39 is 31.2 Å². The molecule has 8 heteroatoms.